The molecule has 0 fully saturated rings. The standard InChI is InChI=1S/C18H16N2O3S/c1-10-3-8-14-16(11(10)2)19-15(20-17(14)21)9-24-13-6-4-12(5-7-13)18(22)23/h3-8H,9H2,1-2H3,(H,22,23)(H,19,20,21). The van der Waals surface area contributed by atoms with Gasteiger partial charge in [-0.3, -0.25) is 4.79 Å². The van der Waals surface area contributed by atoms with Gasteiger partial charge in [0, 0.05) is 4.90 Å². The van der Waals surface area contributed by atoms with Crippen molar-refractivity contribution in [3.8, 4) is 0 Å². The van der Waals surface area contributed by atoms with Crippen LogP contribution < -0.4 is 5.56 Å². The molecule has 5 nitrogen and oxygen atoms in total. The first-order valence-electron chi connectivity index (χ1n) is 7.41. The zero-order chi connectivity index (χ0) is 17.3. The molecule has 0 saturated heterocycles. The van der Waals surface area contributed by atoms with Gasteiger partial charge in [0.1, 0.15) is 5.82 Å². The van der Waals surface area contributed by atoms with Crippen LogP contribution in [0.15, 0.2) is 46.1 Å². The lowest BCUT2D eigenvalue weighted by molar-refractivity contribution is 0.0697. The second-order valence-electron chi connectivity index (χ2n) is 5.53. The van der Waals surface area contributed by atoms with Crippen LogP contribution in [-0.2, 0) is 5.75 Å². The van der Waals surface area contributed by atoms with Gasteiger partial charge in [-0.15, -0.1) is 11.8 Å². The van der Waals surface area contributed by atoms with Crippen molar-refractivity contribution in [2.24, 2.45) is 0 Å². The largest absolute Gasteiger partial charge is 0.478 e. The maximum absolute atomic E-state index is 12.2. The highest BCUT2D eigenvalue weighted by atomic mass is 32.2. The van der Waals surface area contributed by atoms with Crippen molar-refractivity contribution in [3.63, 3.8) is 0 Å². The lowest BCUT2D eigenvalue weighted by Crippen LogP contribution is -2.12. The predicted molar refractivity (Wildman–Crippen MR) is 94.8 cm³/mol. The molecule has 0 aliphatic carbocycles. The quantitative estimate of drug-likeness (QED) is 0.710. The lowest BCUT2D eigenvalue weighted by Gasteiger charge is -2.07. The Balaban J connectivity index is 1.86. The van der Waals surface area contributed by atoms with E-state index in [-0.39, 0.29) is 11.1 Å². The number of hydrogen-bond donors (Lipinski definition) is 2. The van der Waals surface area contributed by atoms with Crippen LogP contribution in [0.5, 0.6) is 0 Å². The summed E-state index contributed by atoms with van der Waals surface area (Å²) in [7, 11) is 0. The Kier molecular flexibility index (Phi) is 4.40. The highest BCUT2D eigenvalue weighted by Gasteiger charge is 2.09. The van der Waals surface area contributed by atoms with Gasteiger partial charge in [-0.05, 0) is 55.3 Å². The van der Waals surface area contributed by atoms with Crippen LogP contribution in [0.4, 0.5) is 0 Å². The molecule has 2 N–H and O–H groups in total. The number of hydrogen-bond acceptors (Lipinski definition) is 4. The second kappa shape index (κ2) is 6.49. The summed E-state index contributed by atoms with van der Waals surface area (Å²) in [4.78, 5) is 31.4. The average molecular weight is 340 g/mol. The smallest absolute Gasteiger partial charge is 0.335 e. The molecule has 1 aromatic heterocycles. The predicted octanol–water partition coefficient (Wildman–Crippen LogP) is 3.53. The Morgan fingerprint density at radius 3 is 2.54 bits per heavy atom. The highest BCUT2D eigenvalue weighted by Crippen LogP contribution is 2.23. The van der Waals surface area contributed by atoms with Crippen molar-refractivity contribution in [1.29, 1.82) is 0 Å². The molecule has 0 aliphatic rings. The highest BCUT2D eigenvalue weighted by molar-refractivity contribution is 7.98. The number of carboxylic acid groups (broad SMARTS) is 1. The Hall–Kier alpha value is -2.60. The maximum Gasteiger partial charge on any atom is 0.335 e. The van der Waals surface area contributed by atoms with E-state index in [2.05, 4.69) is 9.97 Å². The molecule has 122 valence electrons. The summed E-state index contributed by atoms with van der Waals surface area (Å²) in [5.41, 5.74) is 2.96. The molecule has 0 atom stereocenters. The number of aromatic nitrogens is 2. The Bertz CT molecular complexity index is 978. The van der Waals surface area contributed by atoms with Crippen molar-refractivity contribution in [2.45, 2.75) is 24.5 Å². The number of H-pyrrole nitrogens is 1. The van der Waals surface area contributed by atoms with Crippen LogP contribution in [0, 0.1) is 13.8 Å². The fraction of sp³-hybridized carbons (Fsp3) is 0.167. The van der Waals surface area contributed by atoms with E-state index in [1.807, 2.05) is 19.9 Å². The first kappa shape index (κ1) is 16.3. The van der Waals surface area contributed by atoms with Crippen LogP contribution in [0.2, 0.25) is 0 Å². The topological polar surface area (TPSA) is 83.0 Å². The number of rotatable bonds is 4. The third-order valence-corrected chi connectivity index (χ3v) is 4.95. The minimum absolute atomic E-state index is 0.139. The number of fused-ring (bicyclic) bond motifs is 1. The molecule has 6 heteroatoms. The minimum Gasteiger partial charge on any atom is -0.478 e. The van der Waals surface area contributed by atoms with E-state index in [1.165, 1.54) is 11.8 Å². The number of nitrogens with zero attached hydrogens (tertiary/aromatic N) is 1. The Morgan fingerprint density at radius 2 is 1.88 bits per heavy atom. The van der Waals surface area contributed by atoms with Gasteiger partial charge in [0.15, 0.2) is 0 Å². The summed E-state index contributed by atoms with van der Waals surface area (Å²) < 4.78 is 0. The monoisotopic (exact) mass is 340 g/mol. The van der Waals surface area contributed by atoms with Crippen LogP contribution in [-0.4, -0.2) is 21.0 Å². The van der Waals surface area contributed by atoms with E-state index in [0.29, 0.717) is 17.0 Å². The molecule has 0 aliphatic heterocycles. The Labute approximate surface area is 142 Å². The molecule has 2 aromatic carbocycles. The van der Waals surface area contributed by atoms with Crippen LogP contribution in [0.3, 0.4) is 0 Å². The third kappa shape index (κ3) is 3.19. The average Bonchev–Trinajstić information content (AvgIpc) is 2.57. The molecule has 0 radical (unpaired) electrons. The molecule has 0 unspecified atom stereocenters. The zero-order valence-electron chi connectivity index (χ0n) is 13.3. The number of carbonyl (C=O) groups is 1. The molecular weight excluding hydrogens is 324 g/mol. The van der Waals surface area contributed by atoms with E-state index in [1.54, 1.807) is 30.3 Å². The number of aromatic amines is 1. The van der Waals surface area contributed by atoms with Crippen molar-refractivity contribution in [3.05, 3.63) is 69.3 Å². The van der Waals surface area contributed by atoms with Crippen molar-refractivity contribution >= 4 is 28.6 Å². The fourth-order valence-electron chi connectivity index (χ4n) is 2.40. The van der Waals surface area contributed by atoms with Crippen molar-refractivity contribution in [1.82, 2.24) is 9.97 Å². The first-order valence-corrected chi connectivity index (χ1v) is 8.39. The molecule has 0 amide bonds. The summed E-state index contributed by atoms with van der Waals surface area (Å²) in [6.07, 6.45) is 0. The molecule has 3 aromatic rings. The zero-order valence-corrected chi connectivity index (χ0v) is 14.1. The summed E-state index contributed by atoms with van der Waals surface area (Å²) in [5.74, 6) is 0.164. The van der Waals surface area contributed by atoms with Gasteiger partial charge in [-0.2, -0.15) is 0 Å². The van der Waals surface area contributed by atoms with E-state index in [4.69, 9.17) is 5.11 Å². The van der Waals surface area contributed by atoms with Crippen LogP contribution >= 0.6 is 11.8 Å². The Morgan fingerprint density at radius 1 is 1.17 bits per heavy atom. The number of carboxylic acids is 1. The van der Waals surface area contributed by atoms with Crippen molar-refractivity contribution < 1.29 is 9.90 Å². The second-order valence-corrected chi connectivity index (χ2v) is 6.58. The van der Waals surface area contributed by atoms with Crippen LogP contribution in [0.1, 0.15) is 27.3 Å². The summed E-state index contributed by atoms with van der Waals surface area (Å²) in [5, 5.41) is 9.50. The number of benzene rings is 2. The van der Waals surface area contributed by atoms with Gasteiger partial charge in [0.2, 0.25) is 0 Å². The summed E-state index contributed by atoms with van der Waals surface area (Å²) in [6.45, 7) is 3.96. The molecule has 0 spiro atoms. The summed E-state index contributed by atoms with van der Waals surface area (Å²) in [6, 6.07) is 10.4. The summed E-state index contributed by atoms with van der Waals surface area (Å²) >= 11 is 1.50. The minimum atomic E-state index is -0.946. The number of thioether (sulfide) groups is 1. The van der Waals surface area contributed by atoms with E-state index < -0.39 is 5.97 Å². The number of aryl methyl sites for hydroxylation is 2. The fourth-order valence-corrected chi connectivity index (χ4v) is 3.17. The van der Waals surface area contributed by atoms with Crippen LogP contribution in [0.25, 0.3) is 10.9 Å². The van der Waals surface area contributed by atoms with Gasteiger partial charge in [0.25, 0.3) is 5.56 Å². The van der Waals surface area contributed by atoms with E-state index in [9.17, 15) is 9.59 Å². The van der Waals surface area contributed by atoms with Gasteiger partial charge in [-0.25, -0.2) is 9.78 Å². The number of aromatic carboxylic acids is 1. The molecule has 0 saturated carbocycles. The molecule has 3 rings (SSSR count). The SMILES string of the molecule is Cc1ccc2c(=O)[nH]c(CSc3ccc(C(=O)O)cc3)nc2c1C. The van der Waals surface area contributed by atoms with Gasteiger partial charge in [-0.1, -0.05) is 6.07 Å². The molecule has 1 heterocycles. The van der Waals surface area contributed by atoms with E-state index >= 15 is 0 Å². The van der Waals surface area contributed by atoms with Gasteiger partial charge < -0.3 is 10.1 Å². The molecular formula is C18H16N2O3S. The normalized spacial score (nSPS) is 10.9. The molecule has 0 bridgehead atoms. The van der Waals surface area contributed by atoms with E-state index in [0.717, 1.165) is 21.5 Å². The third-order valence-electron chi connectivity index (χ3n) is 3.93. The van der Waals surface area contributed by atoms with Crippen molar-refractivity contribution in [2.75, 3.05) is 0 Å². The molecule has 24 heavy (non-hydrogen) atoms. The maximum atomic E-state index is 12.2. The lowest BCUT2D eigenvalue weighted by atomic mass is 10.1. The van der Waals surface area contributed by atoms with Gasteiger partial charge in [0.05, 0.1) is 22.2 Å². The van der Waals surface area contributed by atoms with Gasteiger partial charge >= 0.3 is 5.97 Å². The number of nitrogens with one attached hydrogen (secondary N) is 1. The first-order chi connectivity index (χ1) is 11.5.